The summed E-state index contributed by atoms with van der Waals surface area (Å²) in [5, 5.41) is 10.7. The van der Waals surface area contributed by atoms with Crippen molar-refractivity contribution in [3.63, 3.8) is 0 Å². The smallest absolute Gasteiger partial charge is 0.480 e. The third-order valence-electron chi connectivity index (χ3n) is 8.88. The summed E-state index contributed by atoms with van der Waals surface area (Å²) in [5.41, 5.74) is 4.66. The molecule has 0 bridgehead atoms. The zero-order valence-corrected chi connectivity index (χ0v) is 26.5. The Balaban J connectivity index is 1.18. The van der Waals surface area contributed by atoms with Crippen LogP contribution in [0.4, 0.5) is 19.0 Å². The fourth-order valence-corrected chi connectivity index (χ4v) is 6.38. The number of benzene rings is 2. The van der Waals surface area contributed by atoms with Gasteiger partial charge in [-0.05, 0) is 43.5 Å². The van der Waals surface area contributed by atoms with Gasteiger partial charge in [0.2, 0.25) is 0 Å². The minimum Gasteiger partial charge on any atom is -0.480 e. The van der Waals surface area contributed by atoms with Crippen LogP contribution >= 0.6 is 0 Å². The molecule has 0 saturated carbocycles. The molecule has 2 aliphatic rings. The maximum atomic E-state index is 13.5. The average molecular weight is 689 g/mol. The van der Waals surface area contributed by atoms with Crippen LogP contribution in [0.3, 0.4) is 0 Å². The lowest BCUT2D eigenvalue weighted by atomic mass is 10.1. The normalized spacial score (nSPS) is 18.1. The Morgan fingerprint density at radius 2 is 1.66 bits per heavy atom. The summed E-state index contributed by atoms with van der Waals surface area (Å²) in [7, 11) is 0. The Bertz CT molecular complexity index is 2080. The van der Waals surface area contributed by atoms with E-state index in [2.05, 4.69) is 15.7 Å². The zero-order valence-electron chi connectivity index (χ0n) is 26.5. The summed E-state index contributed by atoms with van der Waals surface area (Å²) >= 11 is 0. The van der Waals surface area contributed by atoms with E-state index in [9.17, 15) is 32.7 Å². The predicted molar refractivity (Wildman–Crippen MR) is 173 cm³/mol. The summed E-state index contributed by atoms with van der Waals surface area (Å²) in [6.45, 7) is 2.41. The lowest BCUT2D eigenvalue weighted by Gasteiger charge is -2.28. The van der Waals surface area contributed by atoms with Gasteiger partial charge in [0.15, 0.2) is 17.7 Å². The van der Waals surface area contributed by atoms with E-state index in [-0.39, 0.29) is 18.4 Å². The number of aromatic nitrogens is 4. The summed E-state index contributed by atoms with van der Waals surface area (Å²) in [5.74, 6) is -4.08. The number of pyridine rings is 1. The number of fused-ring (bicyclic) bond motifs is 2. The van der Waals surface area contributed by atoms with Crippen molar-refractivity contribution in [1.82, 2.24) is 24.3 Å². The Hall–Kier alpha value is -5.57. The van der Waals surface area contributed by atoms with Gasteiger partial charge in [-0.3, -0.25) is 19.1 Å². The van der Waals surface area contributed by atoms with E-state index < -0.39 is 36.3 Å². The molecule has 2 saturated heterocycles. The molecule has 3 aromatic heterocycles. The molecule has 7 rings (SSSR count). The fourth-order valence-electron chi connectivity index (χ4n) is 6.38. The standard InChI is InChI=1S/C35H31F3N6O6/c36-35(37,38)34(48)50-29-14-13-27(33(46)47)44(29)32(45)23-7-5-22(6-8-23)28-19-39-30(42-15-17-49-18-16-42)31-41-25(20-43(28)31)12-11-24-10-9-21-3-1-2-4-26(21)40-24/h1-10,19-20,27,29H,11-18H2,(H,46,47). The quantitative estimate of drug-likeness (QED) is 0.229. The number of nitrogens with zero attached hydrogens (tertiary/aromatic N) is 6. The van der Waals surface area contributed by atoms with Crippen molar-refractivity contribution in [2.45, 2.75) is 44.1 Å². The number of rotatable bonds is 8. The molecule has 2 fully saturated rings. The molecule has 1 N–H and O–H groups in total. The number of likely N-dealkylation sites (tertiary alicyclic amines) is 1. The number of hydrogen-bond acceptors (Lipinski definition) is 9. The second kappa shape index (κ2) is 13.4. The van der Waals surface area contributed by atoms with Crippen LogP contribution in [-0.4, -0.2) is 92.0 Å². The average Bonchev–Trinajstić information content (AvgIpc) is 3.75. The maximum absolute atomic E-state index is 13.5. The van der Waals surface area contributed by atoms with Gasteiger partial charge in [-0.1, -0.05) is 36.4 Å². The number of esters is 1. The number of aliphatic carboxylic acids is 1. The van der Waals surface area contributed by atoms with E-state index >= 15 is 0 Å². The minimum atomic E-state index is -5.30. The van der Waals surface area contributed by atoms with E-state index in [0.717, 1.165) is 22.3 Å². The highest BCUT2D eigenvalue weighted by Crippen LogP contribution is 2.32. The number of hydrogen-bond donors (Lipinski definition) is 1. The van der Waals surface area contributed by atoms with E-state index in [1.54, 1.807) is 18.3 Å². The molecule has 1 amide bonds. The van der Waals surface area contributed by atoms with Crippen molar-refractivity contribution < 1.29 is 42.1 Å². The number of halogens is 3. The first kappa shape index (κ1) is 33.0. The van der Waals surface area contributed by atoms with Crippen LogP contribution in [0.2, 0.25) is 0 Å². The van der Waals surface area contributed by atoms with Gasteiger partial charge in [-0.25, -0.2) is 19.6 Å². The molecular weight excluding hydrogens is 657 g/mol. The largest absolute Gasteiger partial charge is 0.491 e. The third-order valence-corrected chi connectivity index (χ3v) is 8.88. The molecule has 0 aliphatic carbocycles. The molecule has 2 aromatic carbocycles. The molecule has 2 unspecified atom stereocenters. The molecule has 50 heavy (non-hydrogen) atoms. The van der Waals surface area contributed by atoms with Gasteiger partial charge in [-0.2, -0.15) is 13.2 Å². The van der Waals surface area contributed by atoms with Crippen LogP contribution in [0.1, 0.15) is 34.6 Å². The topological polar surface area (TPSA) is 139 Å². The predicted octanol–water partition coefficient (Wildman–Crippen LogP) is 4.69. The Morgan fingerprint density at radius 3 is 2.40 bits per heavy atom. The molecule has 0 spiro atoms. The molecule has 258 valence electrons. The number of amides is 1. The summed E-state index contributed by atoms with van der Waals surface area (Å²) in [6.07, 6.45) is -2.47. The highest BCUT2D eigenvalue weighted by Gasteiger charge is 2.48. The van der Waals surface area contributed by atoms with Gasteiger partial charge in [0, 0.05) is 47.9 Å². The van der Waals surface area contributed by atoms with Crippen LogP contribution in [-0.2, 0) is 31.9 Å². The summed E-state index contributed by atoms with van der Waals surface area (Å²) < 4.78 is 50.7. The first-order valence-electron chi connectivity index (χ1n) is 16.0. The Kier molecular flexibility index (Phi) is 8.82. The number of carboxylic acid groups (broad SMARTS) is 1. The number of anilines is 1. The molecular formula is C35H31F3N6O6. The zero-order chi connectivity index (χ0) is 35.0. The van der Waals surface area contributed by atoms with Gasteiger partial charge < -0.3 is 19.5 Å². The number of para-hydroxylation sites is 1. The number of alkyl halides is 3. The maximum Gasteiger partial charge on any atom is 0.491 e. The molecule has 2 atom stereocenters. The SMILES string of the molecule is O=C(O)C1CCC(OC(=O)C(F)(F)F)N1C(=O)c1ccc(-c2cnc(N3CCOCC3)c3nc(CCc4ccc5ccccc5n4)cn23)cc1. The monoisotopic (exact) mass is 688 g/mol. The van der Waals surface area contributed by atoms with Crippen LogP contribution in [0, 0.1) is 0 Å². The van der Waals surface area contributed by atoms with E-state index in [0.29, 0.717) is 66.8 Å². The van der Waals surface area contributed by atoms with Gasteiger partial charge in [0.05, 0.1) is 36.3 Å². The molecule has 0 radical (unpaired) electrons. The lowest BCUT2D eigenvalue weighted by Crippen LogP contribution is -2.47. The van der Waals surface area contributed by atoms with E-state index in [1.807, 2.05) is 40.9 Å². The van der Waals surface area contributed by atoms with E-state index in [4.69, 9.17) is 19.7 Å². The van der Waals surface area contributed by atoms with Gasteiger partial charge in [0.25, 0.3) is 5.91 Å². The van der Waals surface area contributed by atoms with Crippen molar-refractivity contribution in [3.8, 4) is 11.3 Å². The molecule has 12 nitrogen and oxygen atoms in total. The van der Waals surface area contributed by atoms with Crippen molar-refractivity contribution in [1.29, 1.82) is 0 Å². The number of morpholine rings is 1. The van der Waals surface area contributed by atoms with Crippen LogP contribution < -0.4 is 4.90 Å². The summed E-state index contributed by atoms with van der Waals surface area (Å²) in [4.78, 5) is 54.2. The van der Waals surface area contributed by atoms with E-state index in [1.165, 1.54) is 12.1 Å². The van der Waals surface area contributed by atoms with Crippen molar-refractivity contribution in [2.24, 2.45) is 0 Å². The molecule has 5 heterocycles. The Morgan fingerprint density at radius 1 is 0.920 bits per heavy atom. The van der Waals surface area contributed by atoms with Crippen LogP contribution in [0.15, 0.2) is 73.1 Å². The first-order chi connectivity index (χ1) is 24.1. The number of carbonyl (C=O) groups excluding carboxylic acids is 2. The van der Waals surface area contributed by atoms with Crippen molar-refractivity contribution >= 4 is 40.2 Å². The molecule has 5 aromatic rings. The highest BCUT2D eigenvalue weighted by atomic mass is 19.4. The Labute approximate surface area is 283 Å². The minimum absolute atomic E-state index is 0.0123. The van der Waals surface area contributed by atoms with Crippen molar-refractivity contribution in [3.05, 3.63) is 90.0 Å². The second-order valence-electron chi connectivity index (χ2n) is 12.1. The number of ether oxygens (including phenoxy) is 2. The van der Waals surface area contributed by atoms with Gasteiger partial charge in [-0.15, -0.1) is 0 Å². The third kappa shape index (κ3) is 6.55. The summed E-state index contributed by atoms with van der Waals surface area (Å²) in [6, 6.07) is 16.7. The lowest BCUT2D eigenvalue weighted by molar-refractivity contribution is -0.210. The highest BCUT2D eigenvalue weighted by molar-refractivity contribution is 5.97. The second-order valence-corrected chi connectivity index (χ2v) is 12.1. The van der Waals surface area contributed by atoms with Gasteiger partial charge in [0.1, 0.15) is 6.04 Å². The van der Waals surface area contributed by atoms with Crippen molar-refractivity contribution in [2.75, 3.05) is 31.2 Å². The van der Waals surface area contributed by atoms with Gasteiger partial charge >= 0.3 is 18.1 Å². The number of imidazole rings is 1. The molecule has 15 heteroatoms. The first-order valence-corrected chi connectivity index (χ1v) is 16.0. The molecule has 2 aliphatic heterocycles. The van der Waals surface area contributed by atoms with Crippen LogP contribution in [0.25, 0.3) is 27.8 Å². The fraction of sp³-hybridized carbons (Fsp3) is 0.314. The number of carbonyl (C=O) groups is 3. The number of aryl methyl sites for hydroxylation is 2. The van der Waals surface area contributed by atoms with Crippen LogP contribution in [0.5, 0.6) is 0 Å². The number of carboxylic acids is 1.